The van der Waals surface area contributed by atoms with Gasteiger partial charge in [0.15, 0.2) is 0 Å². The van der Waals surface area contributed by atoms with Crippen molar-refractivity contribution in [2.75, 3.05) is 0 Å². The van der Waals surface area contributed by atoms with Crippen molar-refractivity contribution in [3.8, 4) is 0 Å². The SMILES string of the molecule is CCCC(NC(C)C1CCCCC1)c1cccs1. The summed E-state index contributed by atoms with van der Waals surface area (Å²) in [7, 11) is 0. The lowest BCUT2D eigenvalue weighted by molar-refractivity contribution is 0.261. The molecule has 2 heteroatoms. The minimum absolute atomic E-state index is 0.576. The third-order valence-corrected chi connectivity index (χ3v) is 5.27. The first kappa shape index (κ1) is 14.1. The molecular formula is C16H27NS. The molecule has 0 radical (unpaired) electrons. The first-order valence-electron chi connectivity index (χ1n) is 7.60. The van der Waals surface area contributed by atoms with Crippen LogP contribution in [0.15, 0.2) is 17.5 Å². The Hall–Kier alpha value is -0.340. The maximum atomic E-state index is 3.90. The van der Waals surface area contributed by atoms with Crippen LogP contribution in [0.4, 0.5) is 0 Å². The van der Waals surface area contributed by atoms with E-state index in [4.69, 9.17) is 0 Å². The summed E-state index contributed by atoms with van der Waals surface area (Å²) in [5.74, 6) is 0.901. The highest BCUT2D eigenvalue weighted by Crippen LogP contribution is 2.29. The lowest BCUT2D eigenvalue weighted by Crippen LogP contribution is -2.37. The second-order valence-corrected chi connectivity index (χ2v) is 6.69. The fourth-order valence-corrected chi connectivity index (χ4v) is 4.00. The number of thiophene rings is 1. The van der Waals surface area contributed by atoms with E-state index in [0.717, 1.165) is 5.92 Å². The molecule has 0 aliphatic heterocycles. The smallest absolute Gasteiger partial charge is 0.0416 e. The van der Waals surface area contributed by atoms with Crippen molar-refractivity contribution < 1.29 is 0 Å². The monoisotopic (exact) mass is 265 g/mol. The van der Waals surface area contributed by atoms with Gasteiger partial charge in [0.25, 0.3) is 0 Å². The summed E-state index contributed by atoms with van der Waals surface area (Å²) in [6.07, 6.45) is 9.70. The molecule has 2 rings (SSSR count). The van der Waals surface area contributed by atoms with Crippen LogP contribution in [-0.2, 0) is 0 Å². The van der Waals surface area contributed by atoms with Gasteiger partial charge in [-0.2, -0.15) is 0 Å². The molecule has 0 spiro atoms. The van der Waals surface area contributed by atoms with Crippen molar-refractivity contribution in [3.05, 3.63) is 22.4 Å². The van der Waals surface area contributed by atoms with Crippen molar-refractivity contribution in [2.45, 2.75) is 70.9 Å². The highest BCUT2D eigenvalue weighted by molar-refractivity contribution is 7.10. The zero-order valence-corrected chi connectivity index (χ0v) is 12.6. The average molecular weight is 265 g/mol. The average Bonchev–Trinajstić information content (AvgIpc) is 2.93. The fourth-order valence-electron chi connectivity index (χ4n) is 3.17. The second kappa shape index (κ2) is 7.30. The molecule has 1 aliphatic rings. The third kappa shape index (κ3) is 3.83. The molecule has 0 saturated heterocycles. The molecule has 0 bridgehead atoms. The summed E-state index contributed by atoms with van der Waals surface area (Å²) in [6.45, 7) is 4.68. The van der Waals surface area contributed by atoms with Crippen LogP contribution in [0.2, 0.25) is 0 Å². The van der Waals surface area contributed by atoms with Gasteiger partial charge in [-0.15, -0.1) is 11.3 Å². The van der Waals surface area contributed by atoms with E-state index >= 15 is 0 Å². The van der Waals surface area contributed by atoms with E-state index in [0.29, 0.717) is 12.1 Å². The molecule has 1 aromatic rings. The van der Waals surface area contributed by atoms with E-state index in [9.17, 15) is 0 Å². The standard InChI is InChI=1S/C16H27NS/c1-3-8-15(16-11-7-12-18-16)17-13(2)14-9-5-4-6-10-14/h7,11-15,17H,3-6,8-10H2,1-2H3. The number of hydrogen-bond acceptors (Lipinski definition) is 2. The number of rotatable bonds is 6. The predicted octanol–water partition coefficient (Wildman–Crippen LogP) is 5.15. The van der Waals surface area contributed by atoms with E-state index in [2.05, 4.69) is 36.7 Å². The van der Waals surface area contributed by atoms with Gasteiger partial charge in [0, 0.05) is 17.0 Å². The molecule has 1 aliphatic carbocycles. The first-order chi connectivity index (χ1) is 8.81. The van der Waals surface area contributed by atoms with Gasteiger partial charge in [0.2, 0.25) is 0 Å². The van der Waals surface area contributed by atoms with Crippen molar-refractivity contribution in [1.29, 1.82) is 0 Å². The molecule has 102 valence electrons. The Balaban J connectivity index is 1.91. The molecule has 2 unspecified atom stereocenters. The Morgan fingerprint density at radius 3 is 2.72 bits per heavy atom. The van der Waals surface area contributed by atoms with Crippen molar-refractivity contribution in [1.82, 2.24) is 5.32 Å². The molecule has 1 aromatic heterocycles. The highest BCUT2D eigenvalue weighted by Gasteiger charge is 2.23. The molecule has 1 N–H and O–H groups in total. The lowest BCUT2D eigenvalue weighted by Gasteiger charge is -2.31. The van der Waals surface area contributed by atoms with Gasteiger partial charge in [-0.05, 0) is 43.6 Å². The molecule has 0 aromatic carbocycles. The largest absolute Gasteiger partial charge is 0.306 e. The Morgan fingerprint density at radius 1 is 1.33 bits per heavy atom. The van der Waals surface area contributed by atoms with E-state index in [1.807, 2.05) is 11.3 Å². The van der Waals surface area contributed by atoms with Crippen molar-refractivity contribution in [3.63, 3.8) is 0 Å². The van der Waals surface area contributed by atoms with E-state index in [-0.39, 0.29) is 0 Å². The number of hydrogen-bond donors (Lipinski definition) is 1. The summed E-state index contributed by atoms with van der Waals surface area (Å²) < 4.78 is 0. The van der Waals surface area contributed by atoms with Gasteiger partial charge in [-0.1, -0.05) is 38.7 Å². The van der Waals surface area contributed by atoms with Gasteiger partial charge in [-0.25, -0.2) is 0 Å². The summed E-state index contributed by atoms with van der Waals surface area (Å²) in [5.41, 5.74) is 0. The predicted molar refractivity (Wildman–Crippen MR) is 81.1 cm³/mol. The Labute approximate surface area is 116 Å². The van der Waals surface area contributed by atoms with Crippen LogP contribution in [0.3, 0.4) is 0 Å². The van der Waals surface area contributed by atoms with Gasteiger partial charge in [-0.3, -0.25) is 0 Å². The normalized spacial score (nSPS) is 20.8. The topological polar surface area (TPSA) is 12.0 Å². The van der Waals surface area contributed by atoms with Crippen LogP contribution in [0, 0.1) is 5.92 Å². The summed E-state index contributed by atoms with van der Waals surface area (Å²) in [4.78, 5) is 1.51. The molecule has 1 saturated carbocycles. The van der Waals surface area contributed by atoms with E-state index < -0.39 is 0 Å². The Bertz CT molecular complexity index is 314. The zero-order valence-electron chi connectivity index (χ0n) is 11.8. The van der Waals surface area contributed by atoms with Crippen molar-refractivity contribution >= 4 is 11.3 Å². The van der Waals surface area contributed by atoms with Crippen molar-refractivity contribution in [2.24, 2.45) is 5.92 Å². The fraction of sp³-hybridized carbons (Fsp3) is 0.750. The minimum atomic E-state index is 0.576. The lowest BCUT2D eigenvalue weighted by atomic mass is 9.84. The molecule has 1 nitrogen and oxygen atoms in total. The van der Waals surface area contributed by atoms with Crippen LogP contribution in [-0.4, -0.2) is 6.04 Å². The van der Waals surface area contributed by atoms with Gasteiger partial charge in [0.05, 0.1) is 0 Å². The maximum absolute atomic E-state index is 3.90. The molecular weight excluding hydrogens is 238 g/mol. The quantitative estimate of drug-likeness (QED) is 0.750. The van der Waals surface area contributed by atoms with Crippen LogP contribution in [0.5, 0.6) is 0 Å². The van der Waals surface area contributed by atoms with Gasteiger partial charge >= 0.3 is 0 Å². The second-order valence-electron chi connectivity index (χ2n) is 5.71. The Kier molecular flexibility index (Phi) is 5.71. The summed E-state index contributed by atoms with van der Waals surface area (Å²) in [6, 6.07) is 5.71. The molecule has 18 heavy (non-hydrogen) atoms. The van der Waals surface area contributed by atoms with Gasteiger partial charge in [0.1, 0.15) is 0 Å². The molecule has 1 fully saturated rings. The third-order valence-electron chi connectivity index (χ3n) is 4.28. The summed E-state index contributed by atoms with van der Waals surface area (Å²) >= 11 is 1.90. The maximum Gasteiger partial charge on any atom is 0.0416 e. The number of nitrogens with one attached hydrogen (secondary N) is 1. The van der Waals surface area contributed by atoms with Crippen LogP contribution in [0.25, 0.3) is 0 Å². The van der Waals surface area contributed by atoms with Crippen LogP contribution < -0.4 is 5.32 Å². The highest BCUT2D eigenvalue weighted by atomic mass is 32.1. The summed E-state index contributed by atoms with van der Waals surface area (Å²) in [5, 5.41) is 6.10. The Morgan fingerprint density at radius 2 is 2.11 bits per heavy atom. The zero-order chi connectivity index (χ0) is 12.8. The first-order valence-corrected chi connectivity index (χ1v) is 8.48. The molecule has 0 amide bonds. The van der Waals surface area contributed by atoms with Crippen LogP contribution >= 0.6 is 11.3 Å². The van der Waals surface area contributed by atoms with Crippen LogP contribution in [0.1, 0.15) is 69.7 Å². The molecule has 2 atom stereocenters. The van der Waals surface area contributed by atoms with E-state index in [1.54, 1.807) is 0 Å². The van der Waals surface area contributed by atoms with Gasteiger partial charge < -0.3 is 5.32 Å². The molecule has 1 heterocycles. The minimum Gasteiger partial charge on any atom is -0.306 e. The van der Waals surface area contributed by atoms with E-state index in [1.165, 1.54) is 49.8 Å².